The van der Waals surface area contributed by atoms with Crippen molar-refractivity contribution >= 4 is 71.1 Å². The van der Waals surface area contributed by atoms with Crippen molar-refractivity contribution in [3.63, 3.8) is 0 Å². The SMILES string of the molecule is COC(=O)N1CCN(C(=O)/C=C/c2ccc(Sc3ccc(/C=C/C(=O)N4CCN(C(=O)OC)C(C(=O)N(C)C)C4)cc3[N+](=O)[O-])c([N+](=O)[O-])c2)CC1C(=O)N(C)C. The molecule has 2 heterocycles. The summed E-state index contributed by atoms with van der Waals surface area (Å²) in [6, 6.07) is 6.31. The summed E-state index contributed by atoms with van der Waals surface area (Å²) in [5, 5.41) is 24.2. The van der Waals surface area contributed by atoms with Gasteiger partial charge in [0.15, 0.2) is 0 Å². The summed E-state index contributed by atoms with van der Waals surface area (Å²) in [5.41, 5.74) is -0.171. The van der Waals surface area contributed by atoms with Gasteiger partial charge in [-0.2, -0.15) is 0 Å². The first-order valence-electron chi connectivity index (χ1n) is 17.3. The molecule has 21 heteroatoms. The van der Waals surface area contributed by atoms with E-state index in [0.29, 0.717) is 0 Å². The molecule has 0 bridgehead atoms. The van der Waals surface area contributed by atoms with Crippen molar-refractivity contribution in [3.8, 4) is 0 Å². The zero-order valence-electron chi connectivity index (χ0n) is 32.1. The minimum atomic E-state index is -0.969. The highest BCUT2D eigenvalue weighted by Crippen LogP contribution is 2.40. The Labute approximate surface area is 331 Å². The standard InChI is InChI=1S/C36H42N8O12S/c1-37(2)33(47)27-21-39(15-17-41(27)35(49)55-5)31(45)13-9-23-7-11-29(25(19-23)43(51)52)57-30-12-8-24(20-26(30)44(53)54)10-14-32(46)40-16-18-42(36(50)56-6)28(22-40)34(48)38(3)4/h7-14,19-20,27-28H,15-18,21-22H2,1-6H3/b13-9+,14-10+. The summed E-state index contributed by atoms with van der Waals surface area (Å²) in [5.74, 6) is -1.78. The average molecular weight is 811 g/mol. The number of methoxy groups -OCH3 is 2. The highest BCUT2D eigenvalue weighted by molar-refractivity contribution is 7.99. The Morgan fingerprint density at radius 2 is 1.04 bits per heavy atom. The van der Waals surface area contributed by atoms with Crippen molar-refractivity contribution in [1.82, 2.24) is 29.4 Å². The Kier molecular flexibility index (Phi) is 14.3. The van der Waals surface area contributed by atoms with E-state index in [2.05, 4.69) is 0 Å². The van der Waals surface area contributed by atoms with E-state index in [1.807, 2.05) is 0 Å². The number of likely N-dealkylation sites (N-methyl/N-ethyl adjacent to an activating group) is 2. The van der Waals surface area contributed by atoms with Crippen molar-refractivity contribution in [2.45, 2.75) is 21.9 Å². The number of benzene rings is 2. The van der Waals surface area contributed by atoms with Crippen LogP contribution in [-0.4, -0.2) is 169 Å². The molecule has 0 spiro atoms. The van der Waals surface area contributed by atoms with Gasteiger partial charge in [0.05, 0.1) is 46.9 Å². The van der Waals surface area contributed by atoms with Crippen LogP contribution in [0, 0.1) is 20.2 Å². The summed E-state index contributed by atoms with van der Waals surface area (Å²) in [6.07, 6.45) is 3.72. The topological polar surface area (TPSA) is 227 Å². The quantitative estimate of drug-likeness (QED) is 0.191. The van der Waals surface area contributed by atoms with Gasteiger partial charge in [-0.25, -0.2) is 9.59 Å². The van der Waals surface area contributed by atoms with E-state index in [1.54, 1.807) is 0 Å². The number of nitro groups is 2. The Hall–Kier alpha value is -6.51. The van der Waals surface area contributed by atoms with Gasteiger partial charge < -0.3 is 29.1 Å². The van der Waals surface area contributed by atoms with Gasteiger partial charge in [-0.1, -0.05) is 23.9 Å². The number of hydrogen-bond donors (Lipinski definition) is 0. The number of amides is 6. The van der Waals surface area contributed by atoms with Gasteiger partial charge in [0, 0.05) is 78.7 Å². The minimum Gasteiger partial charge on any atom is -0.453 e. The molecular formula is C36H42N8O12S. The van der Waals surface area contributed by atoms with E-state index in [9.17, 15) is 49.0 Å². The lowest BCUT2D eigenvalue weighted by Gasteiger charge is -2.40. The summed E-state index contributed by atoms with van der Waals surface area (Å²) >= 11 is 0.790. The van der Waals surface area contributed by atoms with Gasteiger partial charge in [-0.05, 0) is 35.4 Å². The third kappa shape index (κ3) is 10.4. The predicted octanol–water partition coefficient (Wildman–Crippen LogP) is 2.42. The second-order valence-electron chi connectivity index (χ2n) is 13.1. The van der Waals surface area contributed by atoms with Gasteiger partial charge >= 0.3 is 12.2 Å². The second kappa shape index (κ2) is 18.9. The normalized spacial score (nSPS) is 17.0. The van der Waals surface area contributed by atoms with E-state index in [-0.39, 0.29) is 71.6 Å². The van der Waals surface area contributed by atoms with Crippen molar-refractivity contribution in [1.29, 1.82) is 0 Å². The molecule has 0 radical (unpaired) electrons. The number of ether oxygens (including phenoxy) is 2. The Bertz CT molecular complexity index is 1860. The number of nitro benzene ring substituents is 2. The van der Waals surface area contributed by atoms with E-state index in [4.69, 9.17) is 9.47 Å². The number of piperazine rings is 2. The van der Waals surface area contributed by atoms with E-state index in [1.165, 1.54) is 133 Å². The fourth-order valence-corrected chi connectivity index (χ4v) is 7.04. The van der Waals surface area contributed by atoms with Crippen LogP contribution in [0.5, 0.6) is 0 Å². The van der Waals surface area contributed by atoms with Gasteiger partial charge in [-0.3, -0.25) is 49.2 Å². The summed E-state index contributed by atoms with van der Waals surface area (Å²) in [6.45, 7) is 0.143. The maximum Gasteiger partial charge on any atom is 0.410 e. The largest absolute Gasteiger partial charge is 0.453 e. The van der Waals surface area contributed by atoms with Crippen LogP contribution in [0.3, 0.4) is 0 Å². The van der Waals surface area contributed by atoms with E-state index in [0.717, 1.165) is 11.8 Å². The molecule has 2 aromatic rings. The van der Waals surface area contributed by atoms with E-state index >= 15 is 0 Å². The molecule has 6 amide bonds. The van der Waals surface area contributed by atoms with Gasteiger partial charge in [0.2, 0.25) is 23.6 Å². The lowest BCUT2D eigenvalue weighted by atomic mass is 10.1. The molecule has 0 aromatic heterocycles. The zero-order valence-corrected chi connectivity index (χ0v) is 32.9. The van der Waals surface area contributed by atoms with Crippen LogP contribution in [0.25, 0.3) is 12.2 Å². The summed E-state index contributed by atoms with van der Waals surface area (Å²) < 4.78 is 9.57. The average Bonchev–Trinajstić information content (AvgIpc) is 3.20. The molecule has 0 aliphatic carbocycles. The molecule has 20 nitrogen and oxygen atoms in total. The molecule has 4 rings (SSSR count). The number of carbonyl (C=O) groups is 6. The van der Waals surface area contributed by atoms with Crippen molar-refractivity contribution in [2.24, 2.45) is 0 Å². The summed E-state index contributed by atoms with van der Waals surface area (Å²) in [4.78, 5) is 107. The maximum absolute atomic E-state index is 13.1. The van der Waals surface area contributed by atoms with Gasteiger partial charge in [-0.15, -0.1) is 0 Å². The molecule has 2 aliphatic heterocycles. The smallest absolute Gasteiger partial charge is 0.410 e. The Morgan fingerprint density at radius 1 is 0.667 bits per heavy atom. The number of nitrogens with zero attached hydrogens (tertiary/aromatic N) is 8. The number of hydrogen-bond acceptors (Lipinski definition) is 13. The molecule has 2 fully saturated rings. The van der Waals surface area contributed by atoms with Crippen LogP contribution in [0.2, 0.25) is 0 Å². The third-order valence-electron chi connectivity index (χ3n) is 9.07. The first-order valence-corrected chi connectivity index (χ1v) is 18.1. The first-order chi connectivity index (χ1) is 27.0. The molecular weight excluding hydrogens is 769 g/mol. The monoisotopic (exact) mass is 810 g/mol. The summed E-state index contributed by atoms with van der Waals surface area (Å²) in [7, 11) is 8.49. The zero-order chi connectivity index (χ0) is 42.1. The van der Waals surface area contributed by atoms with Gasteiger partial charge in [0.1, 0.15) is 12.1 Å². The third-order valence-corrected chi connectivity index (χ3v) is 10.2. The molecule has 0 saturated carbocycles. The molecule has 304 valence electrons. The highest BCUT2D eigenvalue weighted by Gasteiger charge is 2.39. The first kappa shape index (κ1) is 43.2. The molecule has 0 N–H and O–H groups in total. The van der Waals surface area contributed by atoms with Crippen molar-refractivity contribution < 1.29 is 48.1 Å². The lowest BCUT2D eigenvalue weighted by molar-refractivity contribution is -0.388. The van der Waals surface area contributed by atoms with Crippen LogP contribution < -0.4 is 0 Å². The van der Waals surface area contributed by atoms with Crippen LogP contribution in [-0.2, 0) is 28.7 Å². The Morgan fingerprint density at radius 3 is 1.35 bits per heavy atom. The van der Waals surface area contributed by atoms with Crippen molar-refractivity contribution in [3.05, 3.63) is 79.9 Å². The molecule has 2 unspecified atom stereocenters. The van der Waals surface area contributed by atoms with Crippen LogP contribution in [0.1, 0.15) is 11.1 Å². The van der Waals surface area contributed by atoms with Crippen LogP contribution in [0.15, 0.2) is 58.3 Å². The predicted molar refractivity (Wildman–Crippen MR) is 205 cm³/mol. The number of rotatable bonds is 10. The van der Waals surface area contributed by atoms with E-state index < -0.39 is 57.7 Å². The molecule has 57 heavy (non-hydrogen) atoms. The van der Waals surface area contributed by atoms with Crippen LogP contribution >= 0.6 is 11.8 Å². The second-order valence-corrected chi connectivity index (χ2v) is 14.2. The molecule has 2 aromatic carbocycles. The van der Waals surface area contributed by atoms with Crippen LogP contribution in [0.4, 0.5) is 21.0 Å². The number of carbonyl (C=O) groups excluding carboxylic acids is 6. The van der Waals surface area contributed by atoms with Gasteiger partial charge in [0.25, 0.3) is 11.4 Å². The van der Waals surface area contributed by atoms with Crippen molar-refractivity contribution in [2.75, 3.05) is 81.7 Å². The fourth-order valence-electron chi connectivity index (χ4n) is 6.05. The Balaban J connectivity index is 1.48. The molecule has 2 saturated heterocycles. The molecule has 2 atom stereocenters. The fraction of sp³-hybridized carbons (Fsp3) is 0.389. The highest BCUT2D eigenvalue weighted by atomic mass is 32.2. The minimum absolute atomic E-state index is 0.0492. The lowest BCUT2D eigenvalue weighted by Crippen LogP contribution is -2.61. The molecule has 2 aliphatic rings. The maximum atomic E-state index is 13.1.